The summed E-state index contributed by atoms with van der Waals surface area (Å²) >= 11 is 0. The Balaban J connectivity index is 2.40. The van der Waals surface area contributed by atoms with E-state index in [1.807, 2.05) is 0 Å². The van der Waals surface area contributed by atoms with Gasteiger partial charge in [0.15, 0.2) is 5.75 Å². The molecule has 0 aliphatic heterocycles. The molecule has 1 aromatic heterocycles. The number of aromatic nitrogens is 1. The van der Waals surface area contributed by atoms with Gasteiger partial charge in [-0.25, -0.2) is 9.59 Å². The number of pyridine rings is 1. The third-order valence-corrected chi connectivity index (χ3v) is 2.48. The van der Waals surface area contributed by atoms with Gasteiger partial charge in [-0.2, -0.15) is 0 Å². The molecule has 0 unspecified atom stereocenters. The molecule has 0 aliphatic rings. The molecule has 0 aliphatic carbocycles. The van der Waals surface area contributed by atoms with Crippen molar-refractivity contribution in [3.63, 3.8) is 0 Å². The molecule has 0 radical (unpaired) electrons. The second-order valence-electron chi connectivity index (χ2n) is 3.82. The third-order valence-electron chi connectivity index (χ3n) is 2.48. The number of ether oxygens (including phenoxy) is 2. The van der Waals surface area contributed by atoms with Gasteiger partial charge < -0.3 is 9.47 Å². The first-order chi connectivity index (χ1) is 9.61. The summed E-state index contributed by atoms with van der Waals surface area (Å²) in [5.41, 5.74) is -0.515. The van der Waals surface area contributed by atoms with Crippen LogP contribution in [0.2, 0.25) is 0 Å². The predicted octanol–water partition coefficient (Wildman–Crippen LogP) is 1.06. The molecule has 2 rings (SSSR count). The number of carbonyl (C=O) groups excluding carboxylic acids is 2. The average molecular weight is 273 g/mol. The van der Waals surface area contributed by atoms with Crippen molar-refractivity contribution < 1.29 is 19.1 Å². The van der Waals surface area contributed by atoms with Gasteiger partial charge in [0.1, 0.15) is 0 Å². The fourth-order valence-electron chi connectivity index (χ4n) is 1.56. The zero-order chi connectivity index (χ0) is 14.5. The van der Waals surface area contributed by atoms with Crippen molar-refractivity contribution >= 4 is 22.7 Å². The molecule has 0 fully saturated rings. The average Bonchev–Trinajstić information content (AvgIpc) is 2.59. The van der Waals surface area contributed by atoms with E-state index in [0.29, 0.717) is 10.8 Å². The number of hydrogen-bond donors (Lipinski definition) is 0. The maximum Gasteiger partial charge on any atom is 0.422 e. The number of nitrogens with zero attached hydrogens (tertiary/aromatic N) is 1. The van der Waals surface area contributed by atoms with Crippen LogP contribution in [0.5, 0.6) is 5.75 Å². The molecule has 0 saturated carbocycles. The van der Waals surface area contributed by atoms with E-state index in [2.05, 4.69) is 9.72 Å². The van der Waals surface area contributed by atoms with Gasteiger partial charge in [-0.05, 0) is 36.6 Å². The van der Waals surface area contributed by atoms with E-state index in [9.17, 15) is 14.4 Å². The molecule has 0 N–H and O–H groups in total. The highest BCUT2D eigenvalue weighted by Crippen LogP contribution is 2.14. The van der Waals surface area contributed by atoms with Crippen molar-refractivity contribution in [1.82, 2.24) is 4.98 Å². The van der Waals surface area contributed by atoms with E-state index in [1.165, 1.54) is 12.1 Å². The summed E-state index contributed by atoms with van der Waals surface area (Å²) in [6, 6.07) is 5.86. The molecular formula is C14H11NO5. The minimum Gasteiger partial charge on any atom is -0.458 e. The van der Waals surface area contributed by atoms with Gasteiger partial charge in [0.05, 0.1) is 6.61 Å². The summed E-state index contributed by atoms with van der Waals surface area (Å²) in [6.45, 7) is 1.61. The van der Waals surface area contributed by atoms with Crippen molar-refractivity contribution in [2.75, 3.05) is 6.61 Å². The molecule has 20 heavy (non-hydrogen) atoms. The van der Waals surface area contributed by atoms with E-state index < -0.39 is 17.4 Å². The molecule has 1 heterocycles. The summed E-state index contributed by atoms with van der Waals surface area (Å²) in [5, 5.41) is 1.37. The Morgan fingerprint density at radius 1 is 1.15 bits per heavy atom. The van der Waals surface area contributed by atoms with Crippen LogP contribution in [-0.4, -0.2) is 23.5 Å². The van der Waals surface area contributed by atoms with Crippen molar-refractivity contribution in [1.29, 1.82) is 0 Å². The van der Waals surface area contributed by atoms with E-state index in [1.54, 1.807) is 31.5 Å². The van der Waals surface area contributed by atoms with Gasteiger partial charge in [0.2, 0.25) is 5.43 Å². The molecule has 0 saturated heterocycles. The molecule has 6 nitrogen and oxygen atoms in total. The van der Waals surface area contributed by atoms with Crippen molar-refractivity contribution in [3.8, 4) is 5.75 Å². The molecule has 1 aromatic carbocycles. The number of hydrogen-bond acceptors (Lipinski definition) is 6. The number of fused-ring (bicyclic) bond motifs is 1. The summed E-state index contributed by atoms with van der Waals surface area (Å²) in [7, 11) is 0. The van der Waals surface area contributed by atoms with Crippen LogP contribution in [0.25, 0.3) is 10.8 Å². The van der Waals surface area contributed by atoms with Crippen LogP contribution in [0, 0.1) is 0 Å². The third kappa shape index (κ3) is 2.97. The van der Waals surface area contributed by atoms with Crippen LogP contribution in [0.15, 0.2) is 41.5 Å². The highest BCUT2D eigenvalue weighted by atomic mass is 16.6. The minimum absolute atomic E-state index is 0.0509. The quantitative estimate of drug-likeness (QED) is 0.601. The smallest absolute Gasteiger partial charge is 0.422 e. The van der Waals surface area contributed by atoms with Gasteiger partial charge in [-0.1, -0.05) is 0 Å². The zero-order valence-electron chi connectivity index (χ0n) is 10.7. The standard InChI is InChI=1S/C14H11NO5/c1-2-19-13(17)14(18)20-12-7-9-5-6-15-8-10(9)3-4-11(12)16/h3-8H,2H2,1H3. The second kappa shape index (κ2) is 5.92. The Hall–Kier alpha value is -2.76. The Bertz CT molecular complexity index is 726. The molecule has 6 heteroatoms. The van der Waals surface area contributed by atoms with Gasteiger partial charge in [-0.3, -0.25) is 9.78 Å². The van der Waals surface area contributed by atoms with Crippen molar-refractivity contribution in [3.05, 3.63) is 46.9 Å². The molecule has 0 atom stereocenters. The first kappa shape index (κ1) is 13.7. The molecule has 0 amide bonds. The molecule has 2 aromatic rings. The second-order valence-corrected chi connectivity index (χ2v) is 3.82. The Kier molecular flexibility index (Phi) is 4.05. The topological polar surface area (TPSA) is 82.6 Å². The van der Waals surface area contributed by atoms with Crippen molar-refractivity contribution in [2.24, 2.45) is 0 Å². The lowest BCUT2D eigenvalue weighted by molar-refractivity contribution is -0.161. The largest absolute Gasteiger partial charge is 0.458 e. The number of esters is 2. The summed E-state index contributed by atoms with van der Waals surface area (Å²) < 4.78 is 9.28. The fourth-order valence-corrected chi connectivity index (χ4v) is 1.56. The van der Waals surface area contributed by atoms with Gasteiger partial charge in [-0.15, -0.1) is 0 Å². The minimum atomic E-state index is -1.22. The van der Waals surface area contributed by atoms with E-state index in [4.69, 9.17) is 4.74 Å². The Morgan fingerprint density at radius 2 is 1.95 bits per heavy atom. The van der Waals surface area contributed by atoms with Crippen LogP contribution in [0.3, 0.4) is 0 Å². The number of rotatable bonds is 2. The summed E-state index contributed by atoms with van der Waals surface area (Å²) in [4.78, 5) is 38.4. The molecular weight excluding hydrogens is 262 g/mol. The summed E-state index contributed by atoms with van der Waals surface area (Å²) in [5.74, 6) is -2.59. The van der Waals surface area contributed by atoms with Gasteiger partial charge in [0, 0.05) is 17.8 Å². The van der Waals surface area contributed by atoms with Crippen molar-refractivity contribution in [2.45, 2.75) is 6.92 Å². The Labute approximate surface area is 114 Å². The maximum absolute atomic E-state index is 11.8. The zero-order valence-corrected chi connectivity index (χ0v) is 10.7. The highest BCUT2D eigenvalue weighted by Gasteiger charge is 2.18. The SMILES string of the molecule is CCOC(=O)C(=O)Oc1cc2ccncc2ccc1=O. The monoisotopic (exact) mass is 273 g/mol. The molecule has 102 valence electrons. The lowest BCUT2D eigenvalue weighted by Gasteiger charge is -2.01. The van der Waals surface area contributed by atoms with Crippen LogP contribution in [0.4, 0.5) is 0 Å². The number of carbonyl (C=O) groups is 2. The summed E-state index contributed by atoms with van der Waals surface area (Å²) in [6.07, 6.45) is 3.12. The lowest BCUT2D eigenvalue weighted by atomic mass is 10.2. The lowest BCUT2D eigenvalue weighted by Crippen LogP contribution is -2.24. The van der Waals surface area contributed by atoms with Crippen LogP contribution >= 0.6 is 0 Å². The van der Waals surface area contributed by atoms with Crippen LogP contribution in [0.1, 0.15) is 6.92 Å². The van der Waals surface area contributed by atoms with E-state index >= 15 is 0 Å². The fraction of sp³-hybridized carbons (Fsp3) is 0.143. The Morgan fingerprint density at radius 3 is 2.70 bits per heavy atom. The van der Waals surface area contributed by atoms with Gasteiger partial charge >= 0.3 is 11.9 Å². The van der Waals surface area contributed by atoms with E-state index in [0.717, 1.165) is 0 Å². The molecule has 0 spiro atoms. The maximum atomic E-state index is 11.8. The van der Waals surface area contributed by atoms with Crippen LogP contribution < -0.4 is 10.2 Å². The normalized spacial score (nSPS) is 10.1. The highest BCUT2D eigenvalue weighted by molar-refractivity contribution is 6.30. The first-order valence-corrected chi connectivity index (χ1v) is 5.89. The molecule has 0 bridgehead atoms. The van der Waals surface area contributed by atoms with Crippen LogP contribution in [-0.2, 0) is 14.3 Å². The first-order valence-electron chi connectivity index (χ1n) is 5.89. The van der Waals surface area contributed by atoms with Gasteiger partial charge in [0.25, 0.3) is 0 Å². The van der Waals surface area contributed by atoms with E-state index in [-0.39, 0.29) is 12.4 Å². The predicted molar refractivity (Wildman–Crippen MR) is 70.3 cm³/mol.